The third kappa shape index (κ3) is 3.30. The third-order valence-electron chi connectivity index (χ3n) is 2.17. The highest BCUT2D eigenvalue weighted by Gasteiger charge is 2.21. The van der Waals surface area contributed by atoms with Crippen molar-refractivity contribution >= 4 is 45.1 Å². The van der Waals surface area contributed by atoms with Crippen LogP contribution in [0, 0.1) is 0 Å². The van der Waals surface area contributed by atoms with Gasteiger partial charge in [-0.05, 0) is 18.4 Å². The smallest absolute Gasteiger partial charge is 0.195 e. The minimum absolute atomic E-state index is 0.255. The summed E-state index contributed by atoms with van der Waals surface area (Å²) in [6, 6.07) is 3.41. The molecule has 0 bridgehead atoms. The van der Waals surface area contributed by atoms with Crippen molar-refractivity contribution in [1.82, 2.24) is 0 Å². The van der Waals surface area contributed by atoms with E-state index in [9.17, 15) is 4.79 Å². The van der Waals surface area contributed by atoms with E-state index in [2.05, 4.69) is 15.9 Å². The van der Waals surface area contributed by atoms with Crippen LogP contribution in [0.3, 0.4) is 0 Å². The van der Waals surface area contributed by atoms with Crippen molar-refractivity contribution in [3.8, 4) is 11.5 Å². The largest absolute Gasteiger partial charge is 0.496 e. The Morgan fingerprint density at radius 1 is 1.35 bits per heavy atom. The van der Waals surface area contributed by atoms with Crippen LogP contribution >= 0.6 is 39.3 Å². The van der Waals surface area contributed by atoms with Gasteiger partial charge in [0.15, 0.2) is 10.1 Å². The minimum atomic E-state index is -0.777. The summed E-state index contributed by atoms with van der Waals surface area (Å²) in [5.41, 5.74) is 0.402. The van der Waals surface area contributed by atoms with E-state index in [1.54, 1.807) is 19.2 Å². The van der Waals surface area contributed by atoms with Crippen LogP contribution in [-0.2, 0) is 0 Å². The van der Waals surface area contributed by atoms with Gasteiger partial charge in [-0.3, -0.25) is 4.79 Å². The third-order valence-corrected chi connectivity index (χ3v) is 3.54. The van der Waals surface area contributed by atoms with Gasteiger partial charge in [-0.1, -0.05) is 15.9 Å². The molecule has 1 unspecified atom stereocenters. The van der Waals surface area contributed by atoms with Crippen LogP contribution in [0.5, 0.6) is 11.5 Å². The number of hydrogen-bond donors (Lipinski definition) is 0. The van der Waals surface area contributed by atoms with Gasteiger partial charge in [0.05, 0.1) is 24.7 Å². The Bertz CT molecular complexity index is 423. The summed E-state index contributed by atoms with van der Waals surface area (Å²) in [5.74, 6) is 0.867. The SMILES string of the molecule is COc1cc(C(=O)C(Cl)Br)c(OC)cc1SC. The molecule has 0 radical (unpaired) electrons. The fourth-order valence-electron chi connectivity index (χ4n) is 1.34. The van der Waals surface area contributed by atoms with E-state index in [1.165, 1.54) is 18.9 Å². The molecule has 0 spiro atoms. The molecule has 94 valence electrons. The number of rotatable bonds is 5. The molecule has 0 heterocycles. The number of ether oxygens (including phenoxy) is 2. The molecule has 1 aromatic carbocycles. The lowest BCUT2D eigenvalue weighted by Crippen LogP contribution is -2.10. The van der Waals surface area contributed by atoms with Crippen molar-refractivity contribution in [1.29, 1.82) is 0 Å². The average molecular weight is 340 g/mol. The highest BCUT2D eigenvalue weighted by atomic mass is 79.9. The Labute approximate surface area is 118 Å². The second-order valence-corrected chi connectivity index (χ2v) is 5.80. The van der Waals surface area contributed by atoms with E-state index in [0.717, 1.165) is 4.90 Å². The maximum absolute atomic E-state index is 11.9. The Hall–Kier alpha value is -0.390. The van der Waals surface area contributed by atoms with Crippen molar-refractivity contribution in [2.45, 2.75) is 9.18 Å². The van der Waals surface area contributed by atoms with Gasteiger partial charge >= 0.3 is 0 Å². The number of thioether (sulfide) groups is 1. The molecule has 6 heteroatoms. The minimum Gasteiger partial charge on any atom is -0.496 e. The van der Waals surface area contributed by atoms with E-state index in [1.807, 2.05) is 6.26 Å². The van der Waals surface area contributed by atoms with E-state index in [0.29, 0.717) is 17.1 Å². The number of halogens is 2. The van der Waals surface area contributed by atoms with Crippen LogP contribution in [0.25, 0.3) is 0 Å². The van der Waals surface area contributed by atoms with Gasteiger partial charge in [-0.25, -0.2) is 0 Å². The lowest BCUT2D eigenvalue weighted by molar-refractivity contribution is 0.101. The van der Waals surface area contributed by atoms with E-state index in [-0.39, 0.29) is 5.78 Å². The van der Waals surface area contributed by atoms with Crippen molar-refractivity contribution < 1.29 is 14.3 Å². The molecule has 1 atom stereocenters. The first kappa shape index (κ1) is 14.7. The molecule has 1 rings (SSSR count). The standard InChI is InChI=1S/C11H12BrClO3S/c1-15-7-5-9(17-3)8(16-2)4-6(7)10(14)11(12)13/h4-5,11H,1-3H3. The first-order valence-corrected chi connectivity index (χ1v) is 7.25. The van der Waals surface area contributed by atoms with Crippen LogP contribution in [0.1, 0.15) is 10.4 Å². The summed E-state index contributed by atoms with van der Waals surface area (Å²) >= 11 is 10.3. The summed E-state index contributed by atoms with van der Waals surface area (Å²) in [6.07, 6.45) is 1.92. The second kappa shape index (κ2) is 6.52. The topological polar surface area (TPSA) is 35.5 Å². The predicted molar refractivity (Wildman–Crippen MR) is 74.2 cm³/mol. The Kier molecular flexibility index (Phi) is 5.62. The van der Waals surface area contributed by atoms with Crippen LogP contribution in [0.2, 0.25) is 0 Å². The molecule has 0 fully saturated rings. The zero-order valence-electron chi connectivity index (χ0n) is 9.62. The van der Waals surface area contributed by atoms with E-state index >= 15 is 0 Å². The normalized spacial score (nSPS) is 12.1. The van der Waals surface area contributed by atoms with Crippen molar-refractivity contribution in [3.05, 3.63) is 17.7 Å². The lowest BCUT2D eigenvalue weighted by atomic mass is 10.1. The molecular formula is C11H12BrClO3S. The first-order chi connectivity index (χ1) is 8.04. The summed E-state index contributed by atoms with van der Waals surface area (Å²) < 4.78 is 9.63. The molecule has 0 aliphatic heterocycles. The number of methoxy groups -OCH3 is 2. The van der Waals surface area contributed by atoms with Crippen LogP contribution < -0.4 is 9.47 Å². The molecule has 0 aliphatic carbocycles. The Balaban J connectivity index is 3.33. The summed E-state index contributed by atoms with van der Waals surface area (Å²) in [4.78, 5) is 12.8. The zero-order chi connectivity index (χ0) is 13.0. The highest BCUT2D eigenvalue weighted by Crippen LogP contribution is 2.35. The molecule has 0 aromatic heterocycles. The van der Waals surface area contributed by atoms with Crippen LogP contribution in [-0.4, -0.2) is 30.5 Å². The first-order valence-electron chi connectivity index (χ1n) is 4.67. The van der Waals surface area contributed by atoms with Gasteiger partial charge < -0.3 is 9.47 Å². The van der Waals surface area contributed by atoms with Gasteiger partial charge in [0.1, 0.15) is 11.5 Å². The van der Waals surface area contributed by atoms with E-state index < -0.39 is 4.29 Å². The van der Waals surface area contributed by atoms with E-state index in [4.69, 9.17) is 21.1 Å². The molecule has 0 saturated carbocycles. The number of hydrogen-bond acceptors (Lipinski definition) is 4. The number of ketones is 1. The highest BCUT2D eigenvalue weighted by molar-refractivity contribution is 9.10. The number of benzene rings is 1. The van der Waals surface area contributed by atoms with Crippen LogP contribution in [0.15, 0.2) is 17.0 Å². The van der Waals surface area contributed by atoms with Crippen molar-refractivity contribution in [2.24, 2.45) is 0 Å². The monoisotopic (exact) mass is 338 g/mol. The Morgan fingerprint density at radius 2 is 1.94 bits per heavy atom. The fraction of sp³-hybridized carbons (Fsp3) is 0.364. The van der Waals surface area contributed by atoms with Gasteiger partial charge in [0, 0.05) is 0 Å². The molecule has 1 aromatic rings. The van der Waals surface area contributed by atoms with Gasteiger partial charge in [0.25, 0.3) is 0 Å². The summed E-state index contributed by atoms with van der Waals surface area (Å²) in [7, 11) is 3.07. The number of Topliss-reactive ketones (excluding diaryl/α,β-unsaturated/α-hetero) is 1. The van der Waals surface area contributed by atoms with Crippen LogP contribution in [0.4, 0.5) is 0 Å². The summed E-state index contributed by atoms with van der Waals surface area (Å²) in [6.45, 7) is 0. The van der Waals surface area contributed by atoms with Crippen molar-refractivity contribution in [3.63, 3.8) is 0 Å². The maximum Gasteiger partial charge on any atom is 0.195 e. The number of carbonyl (C=O) groups is 1. The van der Waals surface area contributed by atoms with Crippen molar-refractivity contribution in [2.75, 3.05) is 20.5 Å². The molecule has 3 nitrogen and oxygen atoms in total. The molecule has 0 amide bonds. The van der Waals surface area contributed by atoms with Gasteiger partial charge in [-0.15, -0.1) is 23.4 Å². The molecule has 0 aliphatic rings. The Morgan fingerprint density at radius 3 is 2.35 bits per heavy atom. The fourth-order valence-corrected chi connectivity index (χ4v) is 2.27. The quantitative estimate of drug-likeness (QED) is 0.467. The van der Waals surface area contributed by atoms with Gasteiger partial charge in [0.2, 0.25) is 0 Å². The second-order valence-electron chi connectivity index (χ2n) is 3.07. The maximum atomic E-state index is 11.9. The molecular weight excluding hydrogens is 328 g/mol. The van der Waals surface area contributed by atoms with Gasteiger partial charge in [-0.2, -0.15) is 0 Å². The lowest BCUT2D eigenvalue weighted by Gasteiger charge is -2.13. The zero-order valence-corrected chi connectivity index (χ0v) is 12.8. The number of alkyl halides is 2. The molecule has 17 heavy (non-hydrogen) atoms. The molecule has 0 N–H and O–H groups in total. The predicted octanol–water partition coefficient (Wildman–Crippen LogP) is 3.57. The number of carbonyl (C=O) groups excluding carboxylic acids is 1. The molecule has 0 saturated heterocycles. The average Bonchev–Trinajstić information content (AvgIpc) is 2.35. The summed E-state index contributed by atoms with van der Waals surface area (Å²) in [5, 5.41) is 0.